The Bertz CT molecular complexity index is 967. The third-order valence-corrected chi connectivity index (χ3v) is 7.87. The molecule has 1 saturated heterocycles. The zero-order valence-corrected chi connectivity index (χ0v) is 20.4. The molecule has 0 radical (unpaired) electrons. The molecular formula is C27H40N4O. The molecule has 0 bridgehead atoms. The van der Waals surface area contributed by atoms with Gasteiger partial charge in [-0.1, -0.05) is 37.6 Å². The van der Waals surface area contributed by atoms with Crippen LogP contribution in [0.3, 0.4) is 0 Å². The number of aromatic nitrogens is 2. The van der Waals surface area contributed by atoms with Gasteiger partial charge in [-0.3, -0.25) is 4.79 Å². The molecule has 1 aromatic heterocycles. The number of amides is 1. The van der Waals surface area contributed by atoms with E-state index in [1.54, 1.807) is 6.92 Å². The van der Waals surface area contributed by atoms with E-state index in [1.807, 2.05) is 4.90 Å². The van der Waals surface area contributed by atoms with Crippen molar-refractivity contribution in [3.05, 3.63) is 41.2 Å². The number of carbonyl (C=O) groups excluding carboxylic acids is 1. The van der Waals surface area contributed by atoms with Crippen LogP contribution < -0.4 is 5.32 Å². The number of carbonyl (C=O) groups is 1. The Morgan fingerprint density at radius 3 is 2.66 bits per heavy atom. The number of piperidine rings is 1. The topological polar surface area (TPSA) is 61.0 Å². The zero-order chi connectivity index (χ0) is 22.8. The first-order chi connectivity index (χ1) is 15.3. The number of H-pyrrole nitrogens is 1. The number of hydrogen-bond acceptors (Lipinski definition) is 3. The molecule has 5 heteroatoms. The molecule has 1 aromatic carbocycles. The lowest BCUT2D eigenvalue weighted by atomic mass is 9.69. The third kappa shape index (κ3) is 5.09. The minimum Gasteiger partial charge on any atom is -0.343 e. The minimum absolute atomic E-state index is 0.208. The number of allylic oxidation sites excluding steroid dienone is 1. The van der Waals surface area contributed by atoms with Gasteiger partial charge in [0, 0.05) is 39.0 Å². The minimum atomic E-state index is 0.208. The number of imidazole rings is 1. The summed E-state index contributed by atoms with van der Waals surface area (Å²) in [5, 5.41) is 3.84. The fourth-order valence-electron chi connectivity index (χ4n) is 5.77. The molecule has 1 aliphatic carbocycles. The number of aromatic amines is 1. The van der Waals surface area contributed by atoms with E-state index >= 15 is 0 Å². The van der Waals surface area contributed by atoms with Gasteiger partial charge >= 0.3 is 0 Å². The van der Waals surface area contributed by atoms with Gasteiger partial charge in [-0.05, 0) is 68.4 Å². The highest BCUT2D eigenvalue weighted by Gasteiger charge is 2.32. The number of nitrogens with zero attached hydrogens (tertiary/aromatic N) is 2. The van der Waals surface area contributed by atoms with Crippen LogP contribution in [0.15, 0.2) is 29.8 Å². The van der Waals surface area contributed by atoms with Crippen LogP contribution in [0.4, 0.5) is 0 Å². The van der Waals surface area contributed by atoms with Crippen molar-refractivity contribution in [1.29, 1.82) is 0 Å². The Morgan fingerprint density at radius 1 is 1.25 bits per heavy atom. The van der Waals surface area contributed by atoms with Crippen LogP contribution in [-0.2, 0) is 11.2 Å². The summed E-state index contributed by atoms with van der Waals surface area (Å²) in [6.07, 6.45) is 6.89. The normalized spacial score (nSPS) is 24.9. The van der Waals surface area contributed by atoms with Crippen molar-refractivity contribution >= 4 is 16.9 Å². The van der Waals surface area contributed by atoms with Gasteiger partial charge in [-0.15, -0.1) is 0 Å². The quantitative estimate of drug-likeness (QED) is 0.635. The van der Waals surface area contributed by atoms with Crippen LogP contribution in [0.2, 0.25) is 0 Å². The summed E-state index contributed by atoms with van der Waals surface area (Å²) in [6.45, 7) is 13.7. The van der Waals surface area contributed by atoms with Crippen LogP contribution in [0, 0.1) is 30.6 Å². The molecule has 32 heavy (non-hydrogen) atoms. The first-order valence-corrected chi connectivity index (χ1v) is 12.4. The Hall–Kier alpha value is -2.14. The highest BCUT2D eigenvalue weighted by atomic mass is 16.2. The van der Waals surface area contributed by atoms with E-state index in [0.29, 0.717) is 29.7 Å². The van der Waals surface area contributed by atoms with E-state index in [-0.39, 0.29) is 5.91 Å². The van der Waals surface area contributed by atoms with Gasteiger partial charge in [0.1, 0.15) is 5.82 Å². The summed E-state index contributed by atoms with van der Waals surface area (Å²) < 4.78 is 0. The molecule has 2 heterocycles. The second-order valence-corrected chi connectivity index (χ2v) is 10.5. The SMILES string of the molecule is CC(=O)N1CCC(NC[C@@H]2C=C(C)[C@H](Cc3nc4c(C)cccc4[nH]3)C[C@H]2C(C)C)CC1. The molecule has 0 unspecified atom stereocenters. The number of para-hydroxylation sites is 1. The summed E-state index contributed by atoms with van der Waals surface area (Å²) in [6, 6.07) is 6.89. The summed E-state index contributed by atoms with van der Waals surface area (Å²) >= 11 is 0. The fraction of sp³-hybridized carbons (Fsp3) is 0.630. The number of aryl methyl sites for hydroxylation is 1. The molecule has 3 atom stereocenters. The average Bonchev–Trinajstić information content (AvgIpc) is 3.18. The van der Waals surface area contributed by atoms with Crippen molar-refractivity contribution < 1.29 is 4.79 Å². The van der Waals surface area contributed by atoms with Crippen LogP contribution >= 0.6 is 0 Å². The average molecular weight is 437 g/mol. The van der Waals surface area contributed by atoms with Gasteiger partial charge in [0.2, 0.25) is 5.91 Å². The van der Waals surface area contributed by atoms with Crippen molar-refractivity contribution in [3.8, 4) is 0 Å². The maximum atomic E-state index is 11.6. The lowest BCUT2D eigenvalue weighted by Gasteiger charge is -2.39. The maximum Gasteiger partial charge on any atom is 0.219 e. The van der Waals surface area contributed by atoms with E-state index in [4.69, 9.17) is 4.98 Å². The molecule has 4 rings (SSSR count). The number of nitrogens with one attached hydrogen (secondary N) is 2. The first-order valence-electron chi connectivity index (χ1n) is 12.4. The van der Waals surface area contributed by atoms with Gasteiger partial charge in [0.05, 0.1) is 11.0 Å². The molecular weight excluding hydrogens is 396 g/mol. The number of hydrogen-bond donors (Lipinski definition) is 2. The summed E-state index contributed by atoms with van der Waals surface area (Å²) in [5.41, 5.74) is 5.01. The van der Waals surface area contributed by atoms with Gasteiger partial charge in [-0.2, -0.15) is 0 Å². The third-order valence-electron chi connectivity index (χ3n) is 7.87. The number of benzene rings is 1. The van der Waals surface area contributed by atoms with E-state index < -0.39 is 0 Å². The van der Waals surface area contributed by atoms with Crippen LogP contribution in [0.5, 0.6) is 0 Å². The summed E-state index contributed by atoms with van der Waals surface area (Å²) in [4.78, 5) is 22.0. The van der Waals surface area contributed by atoms with Crippen molar-refractivity contribution in [2.75, 3.05) is 19.6 Å². The Labute approximate surface area is 193 Å². The highest BCUT2D eigenvalue weighted by molar-refractivity contribution is 5.78. The van der Waals surface area contributed by atoms with Crippen molar-refractivity contribution in [1.82, 2.24) is 20.2 Å². The Kier molecular flexibility index (Phi) is 7.04. The summed E-state index contributed by atoms with van der Waals surface area (Å²) in [7, 11) is 0. The molecule has 1 amide bonds. The second kappa shape index (κ2) is 9.78. The van der Waals surface area contributed by atoms with E-state index in [0.717, 1.165) is 55.8 Å². The lowest BCUT2D eigenvalue weighted by molar-refractivity contribution is -0.129. The van der Waals surface area contributed by atoms with Crippen molar-refractivity contribution in [2.45, 2.75) is 66.3 Å². The van der Waals surface area contributed by atoms with Crippen molar-refractivity contribution in [3.63, 3.8) is 0 Å². The van der Waals surface area contributed by atoms with Gasteiger partial charge in [0.25, 0.3) is 0 Å². The number of rotatable bonds is 6. The largest absolute Gasteiger partial charge is 0.343 e. The first kappa shape index (κ1) is 23.0. The Morgan fingerprint density at radius 2 is 2.00 bits per heavy atom. The van der Waals surface area contributed by atoms with Crippen LogP contribution in [-0.4, -0.2) is 46.5 Å². The molecule has 2 N–H and O–H groups in total. The number of fused-ring (bicyclic) bond motifs is 1. The van der Waals surface area contributed by atoms with E-state index in [9.17, 15) is 4.79 Å². The zero-order valence-electron chi connectivity index (χ0n) is 20.4. The van der Waals surface area contributed by atoms with Crippen molar-refractivity contribution in [2.24, 2.45) is 23.7 Å². The predicted octanol–water partition coefficient (Wildman–Crippen LogP) is 4.87. The fourth-order valence-corrected chi connectivity index (χ4v) is 5.77. The molecule has 174 valence electrons. The second-order valence-electron chi connectivity index (χ2n) is 10.5. The molecule has 1 aliphatic heterocycles. The van der Waals surface area contributed by atoms with E-state index in [1.165, 1.54) is 17.6 Å². The highest BCUT2D eigenvalue weighted by Crippen LogP contribution is 2.38. The lowest BCUT2D eigenvalue weighted by Crippen LogP contribution is -2.46. The number of likely N-dealkylation sites (tertiary alicyclic amines) is 1. The van der Waals surface area contributed by atoms with Gasteiger partial charge in [-0.25, -0.2) is 4.98 Å². The summed E-state index contributed by atoms with van der Waals surface area (Å²) in [5.74, 6) is 3.79. The van der Waals surface area contributed by atoms with Gasteiger partial charge < -0.3 is 15.2 Å². The van der Waals surface area contributed by atoms with E-state index in [2.05, 4.69) is 62.3 Å². The molecule has 2 aliphatic rings. The standard InChI is InChI=1S/C27H40N4O/c1-17(2)24-14-21(15-26-29-25-8-6-7-18(3)27(25)30-26)19(4)13-22(24)16-28-23-9-11-31(12-10-23)20(5)32/h6-8,13,17,21-24,28H,9-12,14-16H2,1-5H3,(H,29,30)/t21-,22-,24-/m0/s1. The maximum absolute atomic E-state index is 11.6. The smallest absolute Gasteiger partial charge is 0.219 e. The predicted molar refractivity (Wildman–Crippen MR) is 131 cm³/mol. The van der Waals surface area contributed by atoms with Crippen LogP contribution in [0.1, 0.15) is 58.3 Å². The molecule has 1 fully saturated rings. The molecule has 0 spiro atoms. The monoisotopic (exact) mass is 436 g/mol. The van der Waals surface area contributed by atoms with Gasteiger partial charge in [0.15, 0.2) is 0 Å². The molecule has 0 saturated carbocycles. The molecule has 5 nitrogen and oxygen atoms in total. The van der Waals surface area contributed by atoms with Crippen LogP contribution in [0.25, 0.3) is 11.0 Å². The Balaban J connectivity index is 1.40. The molecule has 2 aromatic rings.